The van der Waals surface area contributed by atoms with Gasteiger partial charge in [0.25, 0.3) is 0 Å². The van der Waals surface area contributed by atoms with Crippen LogP contribution in [0.15, 0.2) is 48.9 Å². The fourth-order valence-electron chi connectivity index (χ4n) is 4.18. The van der Waals surface area contributed by atoms with E-state index in [1.807, 2.05) is 22.9 Å². The molecule has 3 heterocycles. The molecule has 4 aromatic rings. The third-order valence-corrected chi connectivity index (χ3v) is 5.92. The minimum Gasteiger partial charge on any atom is -0.494 e. The van der Waals surface area contributed by atoms with Crippen molar-refractivity contribution in [3.63, 3.8) is 0 Å². The first kappa shape index (κ1) is 21.4. The summed E-state index contributed by atoms with van der Waals surface area (Å²) in [5.74, 6) is 0.229. The molecule has 170 valence electrons. The van der Waals surface area contributed by atoms with Crippen LogP contribution in [0.2, 0.25) is 5.15 Å². The zero-order valence-corrected chi connectivity index (χ0v) is 18.6. The number of halogens is 3. The largest absolute Gasteiger partial charge is 0.494 e. The van der Waals surface area contributed by atoms with Gasteiger partial charge in [0.1, 0.15) is 34.7 Å². The molecule has 0 bridgehead atoms. The highest BCUT2D eigenvalue weighted by Crippen LogP contribution is 2.34. The molecule has 33 heavy (non-hydrogen) atoms. The van der Waals surface area contributed by atoms with Crippen LogP contribution in [0.25, 0.3) is 5.69 Å². The van der Waals surface area contributed by atoms with E-state index in [1.165, 1.54) is 12.1 Å². The number of fused-ring (bicyclic) bond motifs is 1. The molecule has 1 aliphatic rings. The summed E-state index contributed by atoms with van der Waals surface area (Å²) in [4.78, 5) is 8.71. The molecule has 2 aromatic carbocycles. The number of nitrogens with zero attached hydrogens (tertiary/aromatic N) is 5. The van der Waals surface area contributed by atoms with Crippen LogP contribution in [0.5, 0.6) is 5.75 Å². The number of benzene rings is 2. The third-order valence-electron chi connectivity index (χ3n) is 5.73. The zero-order valence-electron chi connectivity index (χ0n) is 17.8. The SMILES string of the molecule is COc1cc(Nc2nc3n(n2)CCCC[C@@H]3c2ccc(F)cc2F)ccc1-n1cnc(Cl)c1. The number of hydrogen-bond donors (Lipinski definition) is 1. The van der Waals surface area contributed by atoms with Gasteiger partial charge in [-0.15, -0.1) is 5.10 Å². The van der Waals surface area contributed by atoms with Crippen LogP contribution in [0.4, 0.5) is 20.4 Å². The molecular weight excluding hydrogens is 450 g/mol. The number of aryl methyl sites for hydroxylation is 1. The monoisotopic (exact) mass is 470 g/mol. The highest BCUT2D eigenvalue weighted by Gasteiger charge is 2.27. The van der Waals surface area contributed by atoms with Gasteiger partial charge in [-0.25, -0.2) is 18.4 Å². The van der Waals surface area contributed by atoms with Crippen molar-refractivity contribution in [1.82, 2.24) is 24.3 Å². The summed E-state index contributed by atoms with van der Waals surface area (Å²) in [7, 11) is 1.58. The van der Waals surface area contributed by atoms with E-state index in [4.69, 9.17) is 16.3 Å². The Hall–Kier alpha value is -3.46. The lowest BCUT2D eigenvalue weighted by atomic mass is 9.93. The second-order valence-electron chi connectivity index (χ2n) is 7.85. The van der Waals surface area contributed by atoms with Gasteiger partial charge in [-0.2, -0.15) is 4.98 Å². The first-order valence-corrected chi connectivity index (χ1v) is 10.9. The molecule has 1 aliphatic heterocycles. The van der Waals surface area contributed by atoms with Crippen LogP contribution < -0.4 is 10.1 Å². The molecule has 1 N–H and O–H groups in total. The maximum atomic E-state index is 14.5. The van der Waals surface area contributed by atoms with Crippen LogP contribution in [-0.4, -0.2) is 31.4 Å². The third kappa shape index (κ3) is 4.28. The van der Waals surface area contributed by atoms with Crippen molar-refractivity contribution in [1.29, 1.82) is 0 Å². The van der Waals surface area contributed by atoms with Crippen molar-refractivity contribution < 1.29 is 13.5 Å². The molecule has 2 aromatic heterocycles. The standard InChI is InChI=1S/C23H21ClF2N6O/c1-33-20-11-15(6-8-19(20)31-12-21(24)27-13-31)28-23-29-22-17(4-2-3-9-32(22)30-23)16-7-5-14(25)10-18(16)26/h5-8,10-13,17H,2-4,9H2,1H3,(H,28,30)/t17-/m1/s1. The van der Waals surface area contributed by atoms with Crippen LogP contribution in [-0.2, 0) is 6.54 Å². The lowest BCUT2D eigenvalue weighted by Gasteiger charge is -2.15. The predicted molar refractivity (Wildman–Crippen MR) is 120 cm³/mol. The molecule has 0 spiro atoms. The molecule has 0 amide bonds. The van der Waals surface area contributed by atoms with Gasteiger partial charge in [-0.1, -0.05) is 24.1 Å². The normalized spacial score (nSPS) is 15.7. The van der Waals surface area contributed by atoms with E-state index in [0.29, 0.717) is 34.8 Å². The summed E-state index contributed by atoms with van der Waals surface area (Å²) in [5, 5.41) is 8.19. The summed E-state index contributed by atoms with van der Waals surface area (Å²) >= 11 is 5.93. The van der Waals surface area contributed by atoms with E-state index in [0.717, 1.165) is 36.7 Å². The molecule has 0 aliphatic carbocycles. The molecule has 0 radical (unpaired) electrons. The smallest absolute Gasteiger partial charge is 0.246 e. The molecule has 7 nitrogen and oxygen atoms in total. The van der Waals surface area contributed by atoms with Gasteiger partial charge in [0, 0.05) is 36.5 Å². The summed E-state index contributed by atoms with van der Waals surface area (Å²) in [6, 6.07) is 9.27. The molecule has 0 saturated heterocycles. The molecule has 0 saturated carbocycles. The maximum Gasteiger partial charge on any atom is 0.246 e. The minimum atomic E-state index is -0.593. The molecular formula is C23H21ClF2N6O. The molecule has 10 heteroatoms. The fourth-order valence-corrected chi connectivity index (χ4v) is 4.32. The number of nitrogens with one attached hydrogen (secondary N) is 1. The lowest BCUT2D eigenvalue weighted by molar-refractivity contribution is 0.413. The quantitative estimate of drug-likeness (QED) is 0.419. The number of hydrogen-bond acceptors (Lipinski definition) is 5. The molecule has 0 fully saturated rings. The number of aromatic nitrogens is 5. The Morgan fingerprint density at radius 2 is 2.03 bits per heavy atom. The second-order valence-corrected chi connectivity index (χ2v) is 8.23. The van der Waals surface area contributed by atoms with E-state index >= 15 is 0 Å². The summed E-state index contributed by atoms with van der Waals surface area (Å²) in [6.45, 7) is 0.687. The van der Waals surface area contributed by atoms with Gasteiger partial charge in [-0.3, -0.25) is 0 Å². The average molecular weight is 471 g/mol. The predicted octanol–water partition coefficient (Wildman–Crippen LogP) is 5.46. The molecule has 1 atom stereocenters. The van der Waals surface area contributed by atoms with Crippen molar-refractivity contribution in [2.45, 2.75) is 31.7 Å². The van der Waals surface area contributed by atoms with Crippen molar-refractivity contribution in [3.8, 4) is 11.4 Å². The Morgan fingerprint density at radius 3 is 2.79 bits per heavy atom. The molecule has 0 unspecified atom stereocenters. The summed E-state index contributed by atoms with van der Waals surface area (Å²) in [5.41, 5.74) is 1.94. The van der Waals surface area contributed by atoms with Gasteiger partial charge in [0.15, 0.2) is 0 Å². The number of imidazole rings is 1. The lowest BCUT2D eigenvalue weighted by Crippen LogP contribution is -2.10. The van der Waals surface area contributed by atoms with Crippen LogP contribution >= 0.6 is 11.6 Å². The van der Waals surface area contributed by atoms with Crippen LogP contribution in [0.3, 0.4) is 0 Å². The van der Waals surface area contributed by atoms with E-state index in [-0.39, 0.29) is 5.92 Å². The summed E-state index contributed by atoms with van der Waals surface area (Å²) < 4.78 is 37.1. The van der Waals surface area contributed by atoms with Crippen LogP contribution in [0, 0.1) is 11.6 Å². The Balaban J connectivity index is 1.45. The Labute approximate surface area is 194 Å². The Kier molecular flexibility index (Phi) is 5.72. The number of methoxy groups -OCH3 is 1. The van der Waals surface area contributed by atoms with Gasteiger partial charge in [-0.05, 0) is 36.6 Å². The number of rotatable bonds is 5. The van der Waals surface area contributed by atoms with Crippen molar-refractivity contribution in [3.05, 3.63) is 77.1 Å². The Bertz CT molecular complexity index is 1300. The first-order chi connectivity index (χ1) is 16.0. The van der Waals surface area contributed by atoms with Gasteiger partial charge < -0.3 is 14.6 Å². The van der Waals surface area contributed by atoms with Crippen LogP contribution in [0.1, 0.15) is 36.6 Å². The summed E-state index contributed by atoms with van der Waals surface area (Å²) in [6.07, 6.45) is 5.83. The zero-order chi connectivity index (χ0) is 22.9. The van der Waals surface area contributed by atoms with E-state index in [1.54, 1.807) is 24.2 Å². The maximum absolute atomic E-state index is 14.5. The molecule has 5 rings (SSSR count). The second kappa shape index (κ2) is 8.82. The van der Waals surface area contributed by atoms with Crippen molar-refractivity contribution >= 4 is 23.2 Å². The van der Waals surface area contributed by atoms with E-state index < -0.39 is 11.6 Å². The van der Waals surface area contributed by atoms with E-state index in [9.17, 15) is 8.78 Å². The minimum absolute atomic E-state index is 0.293. The van der Waals surface area contributed by atoms with Crippen molar-refractivity contribution in [2.75, 3.05) is 12.4 Å². The topological polar surface area (TPSA) is 69.8 Å². The van der Waals surface area contributed by atoms with Gasteiger partial charge in [0.2, 0.25) is 5.95 Å². The number of anilines is 2. The fraction of sp³-hybridized carbons (Fsp3) is 0.261. The van der Waals surface area contributed by atoms with Gasteiger partial charge >= 0.3 is 0 Å². The van der Waals surface area contributed by atoms with Crippen molar-refractivity contribution in [2.24, 2.45) is 0 Å². The highest BCUT2D eigenvalue weighted by atomic mass is 35.5. The van der Waals surface area contributed by atoms with E-state index in [2.05, 4.69) is 20.4 Å². The average Bonchev–Trinajstić information content (AvgIpc) is 3.35. The number of ether oxygens (including phenoxy) is 1. The van der Waals surface area contributed by atoms with Gasteiger partial charge in [0.05, 0.1) is 12.8 Å². The first-order valence-electron chi connectivity index (χ1n) is 10.6. The Morgan fingerprint density at radius 1 is 1.15 bits per heavy atom. The highest BCUT2D eigenvalue weighted by molar-refractivity contribution is 6.29.